The minimum Gasteiger partial charge on any atom is -0.455 e. The van der Waals surface area contributed by atoms with Crippen molar-refractivity contribution in [3.05, 3.63) is 176 Å². The zero-order valence-corrected chi connectivity index (χ0v) is 30.8. The summed E-state index contributed by atoms with van der Waals surface area (Å²) in [5.41, 5.74) is 9.95. The number of para-hydroxylation sites is 5. The van der Waals surface area contributed by atoms with Crippen molar-refractivity contribution in [3.63, 3.8) is 0 Å². The Labute approximate surface area is 329 Å². The van der Waals surface area contributed by atoms with Crippen molar-refractivity contribution in [2.75, 3.05) is 0 Å². The molecule has 13 rings (SSSR count). The monoisotopic (exact) mass is 743 g/mol. The van der Waals surface area contributed by atoms with Crippen molar-refractivity contribution in [2.45, 2.75) is 0 Å². The Morgan fingerprint density at radius 2 is 0.914 bits per heavy atom. The molecule has 0 amide bonds. The smallest absolute Gasteiger partial charge is 0.238 e. The molecule has 0 aliphatic carbocycles. The van der Waals surface area contributed by atoms with Crippen LogP contribution in [0.4, 0.5) is 0 Å². The predicted octanol–water partition coefficient (Wildman–Crippen LogP) is 13.2. The Hall–Kier alpha value is -8.03. The normalized spacial score (nSPS) is 12.1. The van der Waals surface area contributed by atoms with Crippen molar-refractivity contribution in [2.24, 2.45) is 0 Å². The average molecular weight is 744 g/mol. The van der Waals surface area contributed by atoms with Gasteiger partial charge in [0.1, 0.15) is 22.3 Å². The standard InChI is InChI=1S/C51H29N5O2/c1-2-13-30(14-3-1)49-52-50(40-20-12-19-38-35-17-6-10-23-44(35)57-47(38)40)54-51(53-49)56-43-29-31(55-41-21-8-4-15-32(41)33-16-5-9-22-42(33)55)25-26-34(43)37-27-28-39-36-18-7-11-24-45(36)58-48(39)46(37)56/h1-29H. The average Bonchev–Trinajstić information content (AvgIpc) is 4.04. The predicted molar refractivity (Wildman–Crippen MR) is 234 cm³/mol. The number of rotatable bonds is 4. The molecule has 7 heteroatoms. The van der Waals surface area contributed by atoms with Crippen LogP contribution in [0.1, 0.15) is 0 Å². The van der Waals surface area contributed by atoms with Gasteiger partial charge in [-0.15, -0.1) is 0 Å². The first kappa shape index (κ1) is 31.2. The van der Waals surface area contributed by atoms with Crippen LogP contribution in [0.5, 0.6) is 0 Å². The molecule has 7 nitrogen and oxygen atoms in total. The van der Waals surface area contributed by atoms with E-state index in [-0.39, 0.29) is 0 Å². The lowest BCUT2D eigenvalue weighted by Crippen LogP contribution is -2.07. The fraction of sp³-hybridized carbons (Fsp3) is 0. The molecule has 5 heterocycles. The van der Waals surface area contributed by atoms with Crippen LogP contribution in [0.25, 0.3) is 122 Å². The van der Waals surface area contributed by atoms with E-state index < -0.39 is 0 Å². The third-order valence-electron chi connectivity index (χ3n) is 11.6. The van der Waals surface area contributed by atoms with Crippen LogP contribution in [-0.2, 0) is 0 Å². The number of benzene rings is 8. The van der Waals surface area contributed by atoms with Crippen molar-refractivity contribution in [3.8, 4) is 34.4 Å². The van der Waals surface area contributed by atoms with Crippen molar-refractivity contribution >= 4 is 87.5 Å². The number of aromatic nitrogens is 5. The minimum absolute atomic E-state index is 0.476. The van der Waals surface area contributed by atoms with Gasteiger partial charge in [0.15, 0.2) is 17.2 Å². The summed E-state index contributed by atoms with van der Waals surface area (Å²) in [5, 5.41) is 8.65. The second kappa shape index (κ2) is 11.7. The fourth-order valence-electron chi connectivity index (χ4n) is 9.04. The van der Waals surface area contributed by atoms with Gasteiger partial charge in [-0.2, -0.15) is 9.97 Å². The molecule has 0 aliphatic heterocycles. The summed E-state index contributed by atoms with van der Waals surface area (Å²) in [7, 11) is 0. The lowest BCUT2D eigenvalue weighted by molar-refractivity contribution is 0.669. The molecule has 0 saturated carbocycles. The Morgan fingerprint density at radius 1 is 0.362 bits per heavy atom. The van der Waals surface area contributed by atoms with Gasteiger partial charge in [-0.05, 0) is 48.5 Å². The Bertz CT molecular complexity index is 3760. The lowest BCUT2D eigenvalue weighted by Gasteiger charge is -2.12. The van der Waals surface area contributed by atoms with E-state index in [0.29, 0.717) is 17.6 Å². The highest BCUT2D eigenvalue weighted by molar-refractivity contribution is 6.22. The maximum Gasteiger partial charge on any atom is 0.238 e. The summed E-state index contributed by atoms with van der Waals surface area (Å²) in [4.78, 5) is 15.9. The van der Waals surface area contributed by atoms with Crippen LogP contribution < -0.4 is 0 Å². The lowest BCUT2D eigenvalue weighted by atomic mass is 10.1. The van der Waals surface area contributed by atoms with E-state index in [9.17, 15) is 0 Å². The highest BCUT2D eigenvalue weighted by Gasteiger charge is 2.24. The Morgan fingerprint density at radius 3 is 1.66 bits per heavy atom. The van der Waals surface area contributed by atoms with Gasteiger partial charge in [-0.3, -0.25) is 4.57 Å². The highest BCUT2D eigenvalue weighted by Crippen LogP contribution is 2.42. The molecule has 58 heavy (non-hydrogen) atoms. The molecule has 8 aromatic carbocycles. The van der Waals surface area contributed by atoms with E-state index in [4.69, 9.17) is 23.8 Å². The molecule has 0 N–H and O–H groups in total. The van der Waals surface area contributed by atoms with E-state index in [2.05, 4.69) is 112 Å². The number of furan rings is 2. The van der Waals surface area contributed by atoms with Gasteiger partial charge in [0.05, 0.1) is 22.1 Å². The van der Waals surface area contributed by atoms with Crippen LogP contribution in [0.15, 0.2) is 185 Å². The number of hydrogen-bond acceptors (Lipinski definition) is 5. The van der Waals surface area contributed by atoms with Gasteiger partial charge in [0.25, 0.3) is 0 Å². The van der Waals surface area contributed by atoms with Crippen molar-refractivity contribution < 1.29 is 8.83 Å². The summed E-state index contributed by atoms with van der Waals surface area (Å²) in [6, 6.07) is 60.8. The molecular weight excluding hydrogens is 715 g/mol. The molecule has 270 valence electrons. The van der Waals surface area contributed by atoms with Crippen LogP contribution in [0.2, 0.25) is 0 Å². The van der Waals surface area contributed by atoms with Gasteiger partial charge < -0.3 is 13.4 Å². The fourth-order valence-corrected chi connectivity index (χ4v) is 9.04. The van der Waals surface area contributed by atoms with E-state index in [0.717, 1.165) is 93.5 Å². The summed E-state index contributed by atoms with van der Waals surface area (Å²) >= 11 is 0. The first-order valence-corrected chi connectivity index (χ1v) is 19.4. The van der Waals surface area contributed by atoms with Crippen molar-refractivity contribution in [1.82, 2.24) is 24.1 Å². The zero-order chi connectivity index (χ0) is 37.9. The third-order valence-corrected chi connectivity index (χ3v) is 11.6. The van der Waals surface area contributed by atoms with E-state index in [1.54, 1.807) is 0 Å². The summed E-state index contributed by atoms with van der Waals surface area (Å²) < 4.78 is 17.8. The van der Waals surface area contributed by atoms with Gasteiger partial charge >= 0.3 is 0 Å². The molecular formula is C51H29N5O2. The summed E-state index contributed by atoms with van der Waals surface area (Å²) in [5.74, 6) is 1.54. The van der Waals surface area contributed by atoms with E-state index >= 15 is 0 Å². The summed E-state index contributed by atoms with van der Waals surface area (Å²) in [6.45, 7) is 0. The summed E-state index contributed by atoms with van der Waals surface area (Å²) in [6.07, 6.45) is 0. The van der Waals surface area contributed by atoms with Gasteiger partial charge in [-0.1, -0.05) is 127 Å². The maximum atomic E-state index is 6.78. The molecule has 0 fully saturated rings. The molecule has 0 unspecified atom stereocenters. The van der Waals surface area contributed by atoms with Crippen LogP contribution >= 0.6 is 0 Å². The van der Waals surface area contributed by atoms with E-state index in [1.807, 2.05) is 72.8 Å². The topological polar surface area (TPSA) is 74.8 Å². The zero-order valence-electron chi connectivity index (χ0n) is 30.8. The van der Waals surface area contributed by atoms with Crippen molar-refractivity contribution in [1.29, 1.82) is 0 Å². The first-order chi connectivity index (χ1) is 28.8. The number of fused-ring (bicyclic) bond motifs is 13. The third kappa shape index (κ3) is 4.35. The second-order valence-corrected chi connectivity index (χ2v) is 14.8. The largest absolute Gasteiger partial charge is 0.455 e. The second-order valence-electron chi connectivity index (χ2n) is 14.8. The molecule has 0 radical (unpaired) electrons. The van der Waals surface area contributed by atoms with Gasteiger partial charge in [-0.25, -0.2) is 4.98 Å². The molecule has 0 saturated heterocycles. The number of hydrogen-bond donors (Lipinski definition) is 0. The molecule has 13 aromatic rings. The molecule has 0 spiro atoms. The Balaban J connectivity index is 1.17. The molecule has 0 atom stereocenters. The first-order valence-electron chi connectivity index (χ1n) is 19.4. The van der Waals surface area contributed by atoms with Crippen LogP contribution in [-0.4, -0.2) is 24.1 Å². The Kier molecular flexibility index (Phi) is 6.32. The number of nitrogens with zero attached hydrogens (tertiary/aromatic N) is 5. The van der Waals surface area contributed by atoms with Gasteiger partial charge in [0.2, 0.25) is 5.95 Å². The minimum atomic E-state index is 0.476. The van der Waals surface area contributed by atoms with Crippen LogP contribution in [0, 0.1) is 0 Å². The molecule has 0 bridgehead atoms. The highest BCUT2D eigenvalue weighted by atomic mass is 16.3. The SMILES string of the molecule is c1ccc(-c2nc(-c3cccc4c3oc3ccccc34)nc(-n3c4cc(-n5c6ccccc6c6ccccc65)ccc4c4ccc5c6ccccc6oc5c43)n2)cc1. The maximum absolute atomic E-state index is 6.78. The molecule has 5 aromatic heterocycles. The molecule has 0 aliphatic rings. The van der Waals surface area contributed by atoms with E-state index in [1.165, 1.54) is 10.8 Å². The quantitative estimate of drug-likeness (QED) is 0.179. The van der Waals surface area contributed by atoms with Gasteiger partial charge in [0, 0.05) is 54.3 Å². The van der Waals surface area contributed by atoms with Crippen LogP contribution in [0.3, 0.4) is 0 Å².